The molecule has 2 aliphatic carbocycles. The molecule has 0 bridgehead atoms. The fourth-order valence-corrected chi connectivity index (χ4v) is 7.95. The number of carbonyl (C=O) groups excluding carboxylic acids is 3. The predicted octanol–water partition coefficient (Wildman–Crippen LogP) is 9.45. The number of halogens is 8. The van der Waals surface area contributed by atoms with Crippen molar-refractivity contribution < 1.29 is 72.0 Å². The summed E-state index contributed by atoms with van der Waals surface area (Å²) in [5.41, 5.74) is 11.6. The number of carboxylic acids is 1. The third kappa shape index (κ3) is 13.1. The fourth-order valence-electron chi connectivity index (χ4n) is 7.95. The lowest BCUT2D eigenvalue weighted by Crippen LogP contribution is -2.21. The van der Waals surface area contributed by atoms with Gasteiger partial charge in [-0.05, 0) is 89.3 Å². The van der Waals surface area contributed by atoms with E-state index in [9.17, 15) is 42.6 Å². The summed E-state index contributed by atoms with van der Waals surface area (Å²) in [4.78, 5) is 57.0. The number of benzene rings is 4. The van der Waals surface area contributed by atoms with Gasteiger partial charge < -0.3 is 31.7 Å². The largest absolute Gasteiger partial charge is 0.478 e. The molecule has 4 atom stereocenters. The van der Waals surface area contributed by atoms with Crippen molar-refractivity contribution in [3.05, 3.63) is 203 Å². The van der Waals surface area contributed by atoms with Crippen molar-refractivity contribution in [2.75, 3.05) is 17.8 Å². The van der Waals surface area contributed by atoms with Crippen LogP contribution in [-0.2, 0) is 12.8 Å². The van der Waals surface area contributed by atoms with Crippen LogP contribution in [0.4, 0.5) is 47.5 Å². The number of carboxylic acid groups (broad SMARTS) is 1. The lowest BCUT2D eigenvalue weighted by atomic mass is 9.91. The Balaban J connectivity index is 0.000000243. The molecule has 2 amide bonds. The van der Waals surface area contributed by atoms with Crippen LogP contribution in [0, 0.1) is 11.6 Å². The van der Waals surface area contributed by atoms with Crippen molar-refractivity contribution in [1.29, 1.82) is 0 Å². The molecule has 0 saturated heterocycles. The molecule has 8 aromatic rings. The molecule has 4 aromatic heterocycles. The van der Waals surface area contributed by atoms with Crippen molar-refractivity contribution in [1.82, 2.24) is 18.8 Å². The number of anilines is 2. The van der Waals surface area contributed by atoms with Crippen LogP contribution in [0.5, 0.6) is 0 Å². The maximum absolute atomic E-state index is 14.4. The molecular weight excluding hydrogens is 963 g/mol. The minimum atomic E-state index is -1.20. The van der Waals surface area contributed by atoms with Crippen LogP contribution in [-0.4, -0.2) is 77.0 Å². The number of hydrogen-bond donors (Lipinski definition) is 6. The monoisotopic (exact) mass is 1010 g/mol. The van der Waals surface area contributed by atoms with E-state index in [2.05, 4.69) is 20.6 Å². The Morgan fingerprint density at radius 1 is 0.667 bits per heavy atom. The zero-order valence-electron chi connectivity index (χ0n) is 38.4. The summed E-state index contributed by atoms with van der Waals surface area (Å²) in [5.74, 6) is -4.21. The number of nitrogens with one attached hydrogen (secondary N) is 2. The van der Waals surface area contributed by atoms with E-state index in [1.807, 2.05) is 48.5 Å². The highest BCUT2D eigenvalue weighted by Crippen LogP contribution is 2.37. The highest BCUT2D eigenvalue weighted by Gasteiger charge is 2.33. The number of nitrogens with two attached hydrogens (primary N) is 1. The van der Waals surface area contributed by atoms with Crippen molar-refractivity contribution in [3.8, 4) is 0 Å². The molecule has 10 rings (SSSR count). The van der Waals surface area contributed by atoms with Crippen LogP contribution in [0.1, 0.15) is 83.7 Å². The summed E-state index contributed by atoms with van der Waals surface area (Å²) >= 11 is 0. The average molecular weight is 1010 g/mol. The normalized spacial score (nSPS) is 15.7. The van der Waals surface area contributed by atoms with Crippen molar-refractivity contribution >= 4 is 46.2 Å². The Morgan fingerprint density at radius 2 is 1.10 bits per heavy atom. The average Bonchev–Trinajstić information content (AvgIpc) is 4.18. The highest BCUT2D eigenvalue weighted by atomic mass is 20.0. The molecule has 72 heavy (non-hydrogen) atoms. The van der Waals surface area contributed by atoms with Gasteiger partial charge in [-0.2, -0.15) is 0 Å². The highest BCUT2D eigenvalue weighted by molar-refractivity contribution is 6.05. The second kappa shape index (κ2) is 26.6. The van der Waals surface area contributed by atoms with E-state index >= 15 is 0 Å². The molecule has 22 heteroatoms. The lowest BCUT2D eigenvalue weighted by molar-refractivity contribution is 0.0696. The smallest absolute Gasteiger partial charge is 0.335 e. The lowest BCUT2D eigenvalue weighted by Gasteiger charge is -2.15. The van der Waals surface area contributed by atoms with E-state index in [4.69, 9.17) is 30.5 Å². The van der Waals surface area contributed by atoms with E-state index in [1.54, 1.807) is 57.6 Å². The Kier molecular flexibility index (Phi) is 20.2. The molecule has 378 valence electrons. The molecule has 0 fully saturated rings. The minimum Gasteiger partial charge on any atom is -0.478 e. The van der Waals surface area contributed by atoms with E-state index in [0.717, 1.165) is 41.0 Å². The van der Waals surface area contributed by atoms with E-state index < -0.39 is 42.7 Å². The number of imidazole rings is 2. The minimum absolute atomic E-state index is 0. The van der Waals surface area contributed by atoms with Crippen molar-refractivity contribution in [2.24, 2.45) is 5.73 Å². The number of fused-ring (bicyclic) bond motifs is 4. The summed E-state index contributed by atoms with van der Waals surface area (Å²) in [6.45, 7) is 0. The standard InChI is InChI=1S/C25H20FN3O3.C15H10FN3O3.C9H11NO.CH3F.2F2.FH/c26-19-9-8-16(22(30)13-18-17-6-2-1-5-15(17)12-23(18)31)11-20(19)28-25(32)21-14-27-24-7-3-4-10-29(21)24;16-10-5-4-9(15(21)22)7-11(10)18-14(20)12-8-17-13-3-1-2-6-19(12)13;10-9-7-4-2-1-3-6(7)5-8(9)11;3*1-2;/h1-11,14,18,23,31H,12-13H2,(H,28,32);1-8H,(H,18,20)(H,21,22);1-4,8-9,11H,5,10H2;1H3;;;1H/t18-,23+;;8-,9+;;;;/m1.0..../s1/i;;;1D;;;. The van der Waals surface area contributed by atoms with Crippen LogP contribution in [0.2, 0.25) is 0 Å². The van der Waals surface area contributed by atoms with Crippen LogP contribution in [0.15, 0.2) is 146 Å². The molecule has 0 radical (unpaired) electrons. The number of rotatable bonds is 8. The van der Waals surface area contributed by atoms with Gasteiger partial charge in [0.25, 0.3) is 11.8 Å². The number of aromatic carboxylic acids is 1. The molecule has 4 aromatic carbocycles. The van der Waals surface area contributed by atoms with Gasteiger partial charge in [0.15, 0.2) is 5.78 Å². The molecule has 0 aliphatic heterocycles. The Hall–Kier alpha value is -8.34. The van der Waals surface area contributed by atoms with Gasteiger partial charge in [-0.1, -0.05) is 60.7 Å². The van der Waals surface area contributed by atoms with Crippen LogP contribution < -0.4 is 16.4 Å². The van der Waals surface area contributed by atoms with Crippen LogP contribution in [0.3, 0.4) is 0 Å². The molecule has 0 saturated carbocycles. The first-order valence-electron chi connectivity index (χ1n) is 21.7. The van der Waals surface area contributed by atoms with Gasteiger partial charge in [0.05, 0.1) is 56.1 Å². The quantitative estimate of drug-likeness (QED) is 0.0627. The van der Waals surface area contributed by atoms with Gasteiger partial charge >= 0.3 is 5.97 Å². The zero-order valence-corrected chi connectivity index (χ0v) is 37.4. The molecule has 2 aliphatic rings. The number of nitrogens with zero attached hydrogens (tertiary/aromatic N) is 4. The molecule has 14 nitrogen and oxygen atoms in total. The maximum atomic E-state index is 14.4. The molecule has 0 spiro atoms. The second-order valence-corrected chi connectivity index (χ2v) is 15.4. The summed E-state index contributed by atoms with van der Waals surface area (Å²) < 4.78 is 78.8. The third-order valence-corrected chi connectivity index (χ3v) is 11.3. The number of hydrogen-bond acceptors (Lipinski definition) is 9. The number of carbonyl (C=O) groups is 4. The van der Waals surface area contributed by atoms with E-state index in [-0.39, 0.29) is 68.9 Å². The molecule has 0 unspecified atom stereocenters. The number of ketones is 1. The maximum Gasteiger partial charge on any atom is 0.335 e. The second-order valence-electron chi connectivity index (χ2n) is 15.4. The number of aliphatic hydroxyl groups is 2. The molecule has 7 N–H and O–H groups in total. The van der Waals surface area contributed by atoms with Crippen LogP contribution >= 0.6 is 0 Å². The summed E-state index contributed by atoms with van der Waals surface area (Å²) in [7, 11) is -1.00. The first-order valence-corrected chi connectivity index (χ1v) is 21.0. The van der Waals surface area contributed by atoms with Gasteiger partial charge in [-0.15, -0.1) is 0 Å². The Morgan fingerprint density at radius 3 is 1.60 bits per heavy atom. The van der Waals surface area contributed by atoms with E-state index in [1.165, 1.54) is 30.1 Å². The van der Waals surface area contributed by atoms with Crippen molar-refractivity contribution in [3.63, 3.8) is 0 Å². The first kappa shape index (κ1) is 54.6. The summed E-state index contributed by atoms with van der Waals surface area (Å²) in [6, 6.07) is 33.1. The predicted molar refractivity (Wildman–Crippen MR) is 251 cm³/mol. The van der Waals surface area contributed by atoms with Gasteiger partial charge in [0.1, 0.15) is 34.3 Å². The summed E-state index contributed by atoms with van der Waals surface area (Å²) in [6.07, 6.45) is 6.43. The third-order valence-electron chi connectivity index (χ3n) is 11.3. The summed E-state index contributed by atoms with van der Waals surface area (Å²) in [5, 5.41) is 33.6. The fraction of sp³-hybridized carbons (Fsp3) is 0.160. The molecule has 4 heterocycles. The Bertz CT molecular complexity index is 3150. The number of amides is 2. The first-order chi connectivity index (χ1) is 34.8. The number of Topliss-reactive ketones (excluding diaryl/α,β-unsaturated/α-hetero) is 1. The van der Waals surface area contributed by atoms with Gasteiger partial charge in [-0.3, -0.25) is 32.3 Å². The zero-order chi connectivity index (χ0) is 52.5. The van der Waals surface area contributed by atoms with E-state index in [0.29, 0.717) is 24.1 Å². The topological polar surface area (TPSA) is 214 Å². The van der Waals surface area contributed by atoms with Gasteiger partial charge in [-0.25, -0.2) is 23.5 Å². The Labute approximate surface area is 405 Å². The SMILES string of the molecule is F.FF.FF.N[C@@H]1c2ccccc2C[C@@H]1O.O=C(C[C@@H]1c2ccccc2C[C@@H]1O)c1ccc(F)c(NC(=O)c2cnc3ccccn23)c1.O=C(O)c1ccc(F)c(NC(=O)c2cnc3ccccn23)c1.[2H]CF. The number of aromatic nitrogens is 4. The van der Waals surface area contributed by atoms with Crippen molar-refractivity contribution in [2.45, 2.75) is 43.4 Å². The number of aliphatic hydroxyl groups excluding tert-OH is 2. The van der Waals surface area contributed by atoms with Crippen LogP contribution in [0.25, 0.3) is 11.3 Å². The van der Waals surface area contributed by atoms with Gasteiger partial charge in [0.2, 0.25) is 0 Å². The number of pyridine rings is 2. The van der Waals surface area contributed by atoms with Gasteiger partial charge in [0, 0.05) is 55.0 Å². The molecular formula is C50H45F8N7O7. The number of alkyl halides is 1.